The summed E-state index contributed by atoms with van der Waals surface area (Å²) in [5.41, 5.74) is 1.25. The van der Waals surface area contributed by atoms with Crippen molar-refractivity contribution < 1.29 is 13.6 Å². The van der Waals surface area contributed by atoms with E-state index >= 15 is 0 Å². The summed E-state index contributed by atoms with van der Waals surface area (Å²) in [5.74, 6) is -0.204. The molecule has 0 spiro atoms. The van der Waals surface area contributed by atoms with Crippen LogP contribution in [-0.2, 0) is 6.54 Å². The molecule has 0 fully saturated rings. The molecule has 1 heterocycles. The Hall–Kier alpha value is -3.02. The van der Waals surface area contributed by atoms with E-state index in [0.717, 1.165) is 5.82 Å². The lowest BCUT2D eigenvalue weighted by Crippen LogP contribution is -2.28. The second-order valence-electron chi connectivity index (χ2n) is 6.59. The number of carbonyl (C=O) groups excluding carboxylic acids is 1. The van der Waals surface area contributed by atoms with Crippen molar-refractivity contribution >= 4 is 5.91 Å². The molecule has 0 saturated carbocycles. The average Bonchev–Trinajstić information content (AvgIpc) is 3.11. The Morgan fingerprint density at radius 2 is 1.81 bits per heavy atom. The largest absolute Gasteiger partial charge is 0.350 e. The fourth-order valence-electron chi connectivity index (χ4n) is 2.92. The maximum absolute atomic E-state index is 14.4. The van der Waals surface area contributed by atoms with Gasteiger partial charge in [0.25, 0.3) is 5.91 Å². The molecule has 3 rings (SSSR count). The van der Waals surface area contributed by atoms with Crippen LogP contribution in [0.5, 0.6) is 0 Å². The molecule has 0 aliphatic carbocycles. The lowest BCUT2D eigenvalue weighted by Gasteiger charge is -2.11. The van der Waals surface area contributed by atoms with Gasteiger partial charge in [0.15, 0.2) is 0 Å². The summed E-state index contributed by atoms with van der Waals surface area (Å²) in [5, 5.41) is 2.73. The molecule has 0 aliphatic rings. The van der Waals surface area contributed by atoms with Crippen molar-refractivity contribution in [3.8, 4) is 11.1 Å². The Balaban J connectivity index is 1.64. The van der Waals surface area contributed by atoms with Gasteiger partial charge in [-0.2, -0.15) is 0 Å². The Morgan fingerprint density at radius 3 is 2.48 bits per heavy atom. The second-order valence-corrected chi connectivity index (χ2v) is 6.59. The van der Waals surface area contributed by atoms with Gasteiger partial charge in [-0.05, 0) is 35.4 Å². The van der Waals surface area contributed by atoms with Crippen LogP contribution >= 0.6 is 0 Å². The van der Waals surface area contributed by atoms with E-state index in [0.29, 0.717) is 24.2 Å². The quantitative estimate of drug-likeness (QED) is 0.701. The van der Waals surface area contributed by atoms with Gasteiger partial charge in [-0.25, -0.2) is 13.8 Å². The number of rotatable bonds is 6. The van der Waals surface area contributed by atoms with Crippen LogP contribution in [0.4, 0.5) is 8.78 Å². The predicted octanol–water partition coefficient (Wildman–Crippen LogP) is 4.38. The topological polar surface area (TPSA) is 46.9 Å². The van der Waals surface area contributed by atoms with Crippen LogP contribution in [0.25, 0.3) is 11.1 Å². The fourth-order valence-corrected chi connectivity index (χ4v) is 2.92. The average molecular weight is 369 g/mol. The molecule has 0 aliphatic heterocycles. The van der Waals surface area contributed by atoms with E-state index in [1.165, 1.54) is 24.3 Å². The molecule has 0 atom stereocenters. The van der Waals surface area contributed by atoms with Crippen molar-refractivity contribution in [3.63, 3.8) is 0 Å². The van der Waals surface area contributed by atoms with Crippen LogP contribution in [0.15, 0.2) is 54.9 Å². The molecule has 1 aromatic heterocycles. The maximum atomic E-state index is 14.4. The number of hydrogen-bond donors (Lipinski definition) is 1. The number of aromatic nitrogens is 2. The van der Waals surface area contributed by atoms with Gasteiger partial charge in [-0.3, -0.25) is 4.79 Å². The number of nitrogens with zero attached hydrogens (tertiary/aromatic N) is 2. The molecule has 27 heavy (non-hydrogen) atoms. The van der Waals surface area contributed by atoms with Gasteiger partial charge in [-0.1, -0.05) is 32.0 Å². The van der Waals surface area contributed by atoms with Gasteiger partial charge in [0, 0.05) is 31.4 Å². The number of imidazole rings is 1. The van der Waals surface area contributed by atoms with Crippen molar-refractivity contribution in [2.75, 3.05) is 6.54 Å². The number of benzene rings is 2. The Morgan fingerprint density at radius 1 is 1.11 bits per heavy atom. The molecule has 0 radical (unpaired) electrons. The highest BCUT2D eigenvalue weighted by Gasteiger charge is 2.13. The highest BCUT2D eigenvalue weighted by Crippen LogP contribution is 2.22. The molecular formula is C21H21F2N3O. The van der Waals surface area contributed by atoms with Crippen LogP contribution in [0.3, 0.4) is 0 Å². The van der Waals surface area contributed by atoms with E-state index < -0.39 is 11.7 Å². The summed E-state index contributed by atoms with van der Waals surface area (Å²) in [6, 6.07) is 10.2. The summed E-state index contributed by atoms with van der Waals surface area (Å²) in [4.78, 5) is 16.6. The second kappa shape index (κ2) is 8.12. The van der Waals surface area contributed by atoms with Crippen molar-refractivity contribution in [1.82, 2.24) is 14.9 Å². The molecule has 0 bridgehead atoms. The first-order chi connectivity index (χ1) is 13.0. The molecule has 4 nitrogen and oxygen atoms in total. The SMILES string of the molecule is CC(C)c1nccn1CCNC(=O)c1ccc(-c2ccc(F)cc2)cc1F. The summed E-state index contributed by atoms with van der Waals surface area (Å²) < 4.78 is 29.4. The minimum Gasteiger partial charge on any atom is -0.350 e. The first kappa shape index (κ1) is 18.8. The highest BCUT2D eigenvalue weighted by molar-refractivity contribution is 5.95. The summed E-state index contributed by atoms with van der Waals surface area (Å²) in [6.07, 6.45) is 3.59. The van der Waals surface area contributed by atoms with E-state index in [2.05, 4.69) is 24.1 Å². The minimum absolute atomic E-state index is 0.0180. The predicted molar refractivity (Wildman–Crippen MR) is 100 cm³/mol. The highest BCUT2D eigenvalue weighted by atomic mass is 19.1. The minimum atomic E-state index is -0.611. The van der Waals surface area contributed by atoms with Gasteiger partial charge >= 0.3 is 0 Å². The first-order valence-corrected chi connectivity index (χ1v) is 8.80. The van der Waals surface area contributed by atoms with E-state index in [1.807, 2.05) is 10.8 Å². The standard InChI is InChI=1S/C21H21F2N3O/c1-14(2)20-24-9-11-26(20)12-10-25-21(27)18-8-5-16(13-19(18)23)15-3-6-17(22)7-4-15/h3-9,11,13-14H,10,12H2,1-2H3,(H,25,27). The van der Waals surface area contributed by atoms with Gasteiger partial charge < -0.3 is 9.88 Å². The van der Waals surface area contributed by atoms with E-state index in [-0.39, 0.29) is 17.3 Å². The van der Waals surface area contributed by atoms with E-state index in [4.69, 9.17) is 0 Å². The van der Waals surface area contributed by atoms with Gasteiger partial charge in [0.2, 0.25) is 0 Å². The van der Waals surface area contributed by atoms with Crippen LogP contribution in [0.1, 0.15) is 35.9 Å². The van der Waals surface area contributed by atoms with Crippen LogP contribution < -0.4 is 5.32 Å². The zero-order chi connectivity index (χ0) is 19.4. The van der Waals surface area contributed by atoms with Crippen molar-refractivity contribution in [2.45, 2.75) is 26.3 Å². The first-order valence-electron chi connectivity index (χ1n) is 8.80. The Kier molecular flexibility index (Phi) is 5.64. The van der Waals surface area contributed by atoms with Crippen molar-refractivity contribution in [1.29, 1.82) is 0 Å². The molecule has 0 saturated heterocycles. The van der Waals surface area contributed by atoms with Gasteiger partial charge in [-0.15, -0.1) is 0 Å². The van der Waals surface area contributed by atoms with Crippen molar-refractivity contribution in [3.05, 3.63) is 77.9 Å². The lowest BCUT2D eigenvalue weighted by molar-refractivity contribution is 0.0948. The van der Waals surface area contributed by atoms with Crippen molar-refractivity contribution in [2.24, 2.45) is 0 Å². The van der Waals surface area contributed by atoms with E-state index in [9.17, 15) is 13.6 Å². The monoisotopic (exact) mass is 369 g/mol. The van der Waals surface area contributed by atoms with Crippen LogP contribution in [0.2, 0.25) is 0 Å². The third-order valence-electron chi connectivity index (χ3n) is 4.29. The number of carbonyl (C=O) groups is 1. The molecule has 1 amide bonds. The van der Waals surface area contributed by atoms with Gasteiger partial charge in [0.1, 0.15) is 17.5 Å². The van der Waals surface area contributed by atoms with E-state index in [1.54, 1.807) is 24.4 Å². The normalized spacial score (nSPS) is 11.0. The summed E-state index contributed by atoms with van der Waals surface area (Å²) in [7, 11) is 0. The molecule has 140 valence electrons. The summed E-state index contributed by atoms with van der Waals surface area (Å²) >= 11 is 0. The zero-order valence-corrected chi connectivity index (χ0v) is 15.2. The fraction of sp³-hybridized carbons (Fsp3) is 0.238. The molecule has 1 N–H and O–H groups in total. The molecule has 2 aromatic carbocycles. The third-order valence-corrected chi connectivity index (χ3v) is 4.29. The van der Waals surface area contributed by atoms with Crippen LogP contribution in [0, 0.1) is 11.6 Å². The molecule has 6 heteroatoms. The number of amides is 1. The number of halogens is 2. The third kappa shape index (κ3) is 4.39. The maximum Gasteiger partial charge on any atom is 0.254 e. The summed E-state index contributed by atoms with van der Waals surface area (Å²) in [6.45, 7) is 5.04. The molecular weight excluding hydrogens is 348 g/mol. The zero-order valence-electron chi connectivity index (χ0n) is 15.2. The Bertz CT molecular complexity index is 933. The Labute approximate surface area is 156 Å². The lowest BCUT2D eigenvalue weighted by atomic mass is 10.0. The molecule has 0 unspecified atom stereocenters. The smallest absolute Gasteiger partial charge is 0.254 e. The number of nitrogens with one attached hydrogen (secondary N) is 1. The van der Waals surface area contributed by atoms with Crippen LogP contribution in [-0.4, -0.2) is 22.0 Å². The van der Waals surface area contributed by atoms with Gasteiger partial charge in [0.05, 0.1) is 5.56 Å². The molecule has 3 aromatic rings. The number of hydrogen-bond acceptors (Lipinski definition) is 2.